The van der Waals surface area contributed by atoms with E-state index in [4.69, 9.17) is 4.74 Å². The summed E-state index contributed by atoms with van der Waals surface area (Å²) in [6.07, 6.45) is 4.38. The van der Waals surface area contributed by atoms with Gasteiger partial charge in [-0.15, -0.1) is 0 Å². The van der Waals surface area contributed by atoms with Crippen molar-refractivity contribution >= 4 is 0 Å². The number of methoxy groups -OCH3 is 1. The summed E-state index contributed by atoms with van der Waals surface area (Å²) >= 11 is 0. The average Bonchev–Trinajstić information content (AvgIpc) is 2.43. The van der Waals surface area contributed by atoms with E-state index in [1.807, 2.05) is 12.1 Å². The molecule has 1 rings (SSSR count). The summed E-state index contributed by atoms with van der Waals surface area (Å²) in [6.45, 7) is 7.48. The number of ether oxygens (including phenoxy) is 1. The molecule has 0 saturated carbocycles. The molecular formula is C17H28FNO. The number of benzene rings is 1. The van der Waals surface area contributed by atoms with Crippen LogP contribution in [0.4, 0.5) is 4.39 Å². The van der Waals surface area contributed by atoms with Crippen LogP contribution in [0.5, 0.6) is 5.75 Å². The zero-order valence-corrected chi connectivity index (χ0v) is 13.2. The fourth-order valence-electron chi connectivity index (χ4n) is 2.57. The topological polar surface area (TPSA) is 21.3 Å². The zero-order valence-electron chi connectivity index (χ0n) is 13.2. The number of hydrogen-bond acceptors (Lipinski definition) is 2. The molecule has 0 aliphatic rings. The molecule has 0 saturated heterocycles. The van der Waals surface area contributed by atoms with Gasteiger partial charge in [-0.2, -0.15) is 0 Å². The molecule has 0 heterocycles. The highest BCUT2D eigenvalue weighted by molar-refractivity contribution is 5.30. The van der Waals surface area contributed by atoms with Crippen molar-refractivity contribution in [3.63, 3.8) is 0 Å². The molecule has 0 bridgehead atoms. The van der Waals surface area contributed by atoms with Gasteiger partial charge in [0, 0.05) is 17.7 Å². The van der Waals surface area contributed by atoms with E-state index in [0.29, 0.717) is 11.7 Å². The highest BCUT2D eigenvalue weighted by Crippen LogP contribution is 2.28. The normalized spacial score (nSPS) is 14.1. The van der Waals surface area contributed by atoms with Crippen molar-refractivity contribution < 1.29 is 9.13 Å². The third-order valence-corrected chi connectivity index (χ3v) is 3.64. The summed E-state index contributed by atoms with van der Waals surface area (Å²) < 4.78 is 19.3. The van der Waals surface area contributed by atoms with Crippen LogP contribution in [0.3, 0.4) is 0 Å². The van der Waals surface area contributed by atoms with E-state index in [1.165, 1.54) is 18.9 Å². The average molecular weight is 281 g/mol. The van der Waals surface area contributed by atoms with Gasteiger partial charge in [-0.3, -0.25) is 0 Å². The molecule has 1 aromatic rings. The lowest BCUT2D eigenvalue weighted by atomic mass is 9.92. The van der Waals surface area contributed by atoms with E-state index in [9.17, 15) is 4.39 Å². The Morgan fingerprint density at radius 2 is 2.00 bits per heavy atom. The molecule has 0 aromatic heterocycles. The summed E-state index contributed by atoms with van der Waals surface area (Å²) in [5.41, 5.74) is 0.752. The molecular weight excluding hydrogens is 253 g/mol. The molecule has 3 heteroatoms. The molecule has 2 nitrogen and oxygen atoms in total. The molecule has 0 spiro atoms. The minimum Gasteiger partial charge on any atom is -0.497 e. The number of halogens is 1. The highest BCUT2D eigenvalue weighted by atomic mass is 19.1. The molecule has 2 unspecified atom stereocenters. The Labute approximate surface area is 122 Å². The smallest absolute Gasteiger partial charge is 0.131 e. The fraction of sp³-hybridized carbons (Fsp3) is 0.647. The van der Waals surface area contributed by atoms with Crippen LogP contribution in [0.15, 0.2) is 18.2 Å². The maximum atomic E-state index is 14.2. The van der Waals surface area contributed by atoms with Gasteiger partial charge in [-0.1, -0.05) is 39.7 Å². The Bertz CT molecular complexity index is 395. The predicted molar refractivity (Wildman–Crippen MR) is 82.7 cm³/mol. The predicted octanol–water partition coefficient (Wildman–Crippen LogP) is 4.70. The van der Waals surface area contributed by atoms with Crippen molar-refractivity contribution in [2.24, 2.45) is 5.92 Å². The van der Waals surface area contributed by atoms with Crippen LogP contribution in [0.2, 0.25) is 0 Å². The molecule has 0 aliphatic carbocycles. The van der Waals surface area contributed by atoms with Gasteiger partial charge < -0.3 is 10.1 Å². The second kappa shape index (κ2) is 8.96. The minimum absolute atomic E-state index is 0.0856. The first-order valence-corrected chi connectivity index (χ1v) is 7.69. The fourth-order valence-corrected chi connectivity index (χ4v) is 2.57. The molecule has 114 valence electrons. The molecule has 2 atom stereocenters. The zero-order chi connectivity index (χ0) is 15.0. The lowest BCUT2D eigenvalue weighted by Gasteiger charge is -2.23. The van der Waals surface area contributed by atoms with Crippen LogP contribution in [0.25, 0.3) is 0 Å². The van der Waals surface area contributed by atoms with E-state index in [-0.39, 0.29) is 11.9 Å². The first-order valence-electron chi connectivity index (χ1n) is 7.69. The molecule has 0 aliphatic heterocycles. The second-order valence-electron chi connectivity index (χ2n) is 5.52. The monoisotopic (exact) mass is 281 g/mol. The lowest BCUT2D eigenvalue weighted by Crippen LogP contribution is -2.25. The Morgan fingerprint density at radius 3 is 2.55 bits per heavy atom. The molecule has 0 fully saturated rings. The third-order valence-electron chi connectivity index (χ3n) is 3.64. The minimum atomic E-state index is -0.179. The maximum Gasteiger partial charge on any atom is 0.131 e. The summed E-state index contributed by atoms with van der Waals surface area (Å²) in [5.74, 6) is 0.986. The van der Waals surface area contributed by atoms with E-state index in [2.05, 4.69) is 26.1 Å². The standard InChI is InChI=1S/C17H28FNO/c1-5-7-13(3)11-17(19-10-6-2)15-9-8-14(20-4)12-16(15)18/h8-9,12-13,17,19H,5-7,10-11H2,1-4H3. The number of hydrogen-bond donors (Lipinski definition) is 1. The van der Waals surface area contributed by atoms with Crippen molar-refractivity contribution in [2.75, 3.05) is 13.7 Å². The van der Waals surface area contributed by atoms with Gasteiger partial charge in [-0.05, 0) is 31.4 Å². The van der Waals surface area contributed by atoms with E-state index < -0.39 is 0 Å². The van der Waals surface area contributed by atoms with Crippen molar-refractivity contribution in [3.8, 4) is 5.75 Å². The van der Waals surface area contributed by atoms with Crippen molar-refractivity contribution in [3.05, 3.63) is 29.6 Å². The SMILES string of the molecule is CCCNC(CC(C)CCC)c1ccc(OC)cc1F. The molecule has 1 aromatic carbocycles. The first-order chi connectivity index (χ1) is 9.62. The van der Waals surface area contributed by atoms with Crippen LogP contribution >= 0.6 is 0 Å². The van der Waals surface area contributed by atoms with Gasteiger partial charge in [0.25, 0.3) is 0 Å². The number of nitrogens with one attached hydrogen (secondary N) is 1. The summed E-state index contributed by atoms with van der Waals surface area (Å²) in [7, 11) is 1.56. The van der Waals surface area contributed by atoms with Crippen LogP contribution < -0.4 is 10.1 Å². The summed E-state index contributed by atoms with van der Waals surface area (Å²) in [5, 5.41) is 3.47. The summed E-state index contributed by atoms with van der Waals surface area (Å²) in [4.78, 5) is 0. The molecule has 0 radical (unpaired) electrons. The Hall–Kier alpha value is -1.09. The van der Waals surface area contributed by atoms with Gasteiger partial charge in [0.2, 0.25) is 0 Å². The highest BCUT2D eigenvalue weighted by Gasteiger charge is 2.18. The van der Waals surface area contributed by atoms with Gasteiger partial charge >= 0.3 is 0 Å². The Kier molecular flexibility index (Phi) is 7.60. The molecule has 1 N–H and O–H groups in total. The number of rotatable bonds is 9. The molecule has 0 amide bonds. The summed E-state index contributed by atoms with van der Waals surface area (Å²) in [6, 6.07) is 5.24. The first kappa shape index (κ1) is 17.0. The van der Waals surface area contributed by atoms with Crippen molar-refractivity contribution in [1.29, 1.82) is 0 Å². The van der Waals surface area contributed by atoms with Crippen LogP contribution in [-0.4, -0.2) is 13.7 Å². The van der Waals surface area contributed by atoms with Crippen LogP contribution in [0, 0.1) is 11.7 Å². The Balaban J connectivity index is 2.85. The van der Waals surface area contributed by atoms with Gasteiger partial charge in [0.05, 0.1) is 7.11 Å². The van der Waals surface area contributed by atoms with Gasteiger partial charge in [0.15, 0.2) is 0 Å². The maximum absolute atomic E-state index is 14.2. The van der Waals surface area contributed by atoms with E-state index >= 15 is 0 Å². The van der Waals surface area contributed by atoms with Crippen LogP contribution in [0.1, 0.15) is 58.1 Å². The van der Waals surface area contributed by atoms with Crippen LogP contribution in [-0.2, 0) is 0 Å². The quantitative estimate of drug-likeness (QED) is 0.708. The third kappa shape index (κ3) is 5.12. The Morgan fingerprint density at radius 1 is 1.25 bits per heavy atom. The molecule has 20 heavy (non-hydrogen) atoms. The van der Waals surface area contributed by atoms with Gasteiger partial charge in [-0.25, -0.2) is 4.39 Å². The second-order valence-corrected chi connectivity index (χ2v) is 5.52. The van der Waals surface area contributed by atoms with Gasteiger partial charge in [0.1, 0.15) is 11.6 Å². The lowest BCUT2D eigenvalue weighted by molar-refractivity contribution is 0.378. The van der Waals surface area contributed by atoms with Crippen molar-refractivity contribution in [2.45, 2.75) is 52.5 Å². The van der Waals surface area contributed by atoms with Crippen molar-refractivity contribution in [1.82, 2.24) is 5.32 Å². The van der Waals surface area contributed by atoms with E-state index in [0.717, 1.165) is 24.9 Å². The largest absolute Gasteiger partial charge is 0.497 e. The van der Waals surface area contributed by atoms with E-state index in [1.54, 1.807) is 7.11 Å².